The number of nitro groups is 2. The number of hydrazone groups is 2. The van der Waals surface area contributed by atoms with Crippen molar-refractivity contribution in [2.24, 2.45) is 10.2 Å². The van der Waals surface area contributed by atoms with Crippen LogP contribution in [0.2, 0.25) is 0 Å². The van der Waals surface area contributed by atoms with Crippen LogP contribution in [0.5, 0.6) is 0 Å². The van der Waals surface area contributed by atoms with Gasteiger partial charge >= 0.3 is 0 Å². The van der Waals surface area contributed by atoms with Crippen LogP contribution < -0.4 is 10.9 Å². The zero-order valence-corrected chi connectivity index (χ0v) is 16.0. The van der Waals surface area contributed by atoms with Crippen molar-refractivity contribution >= 4 is 35.6 Å². The fourth-order valence-corrected chi connectivity index (χ4v) is 2.38. The molecule has 156 valence electrons. The van der Waals surface area contributed by atoms with Crippen LogP contribution in [0.15, 0.2) is 58.7 Å². The van der Waals surface area contributed by atoms with Crippen LogP contribution in [0.4, 0.5) is 23.1 Å². The zero-order valence-electron chi connectivity index (χ0n) is 16.0. The molecule has 0 bridgehead atoms. The summed E-state index contributed by atoms with van der Waals surface area (Å²) in [5, 5.41) is 37.7. The van der Waals surface area contributed by atoms with Crippen molar-refractivity contribution in [3.05, 3.63) is 85.6 Å². The summed E-state index contributed by atoms with van der Waals surface area (Å²) in [4.78, 5) is 25.2. The molecule has 0 fully saturated rings. The van der Waals surface area contributed by atoms with Gasteiger partial charge in [0.05, 0.1) is 33.4 Å². The first-order chi connectivity index (χ1) is 15.0. The van der Waals surface area contributed by atoms with Gasteiger partial charge in [-0.15, -0.1) is 10.2 Å². The highest BCUT2D eigenvalue weighted by molar-refractivity contribution is 5.86. The normalized spacial score (nSPS) is 11.0. The van der Waals surface area contributed by atoms with E-state index in [4.69, 9.17) is 0 Å². The summed E-state index contributed by atoms with van der Waals surface area (Å²) in [6.45, 7) is 1.64. The number of hydrogen-bond acceptors (Lipinski definition) is 11. The maximum Gasteiger partial charge on any atom is 0.278 e. The van der Waals surface area contributed by atoms with Gasteiger partial charge in [0.1, 0.15) is 5.69 Å². The molecule has 1 aromatic heterocycles. The van der Waals surface area contributed by atoms with Gasteiger partial charge in [-0.25, -0.2) is 5.43 Å². The molecule has 2 N–H and O–H groups in total. The third-order valence-corrected chi connectivity index (χ3v) is 3.86. The second-order valence-electron chi connectivity index (χ2n) is 5.94. The molecule has 13 heteroatoms. The van der Waals surface area contributed by atoms with Gasteiger partial charge in [0.2, 0.25) is 0 Å². The van der Waals surface area contributed by atoms with E-state index in [0.717, 1.165) is 0 Å². The molecule has 2 aromatic carbocycles. The smallest absolute Gasteiger partial charge is 0.260 e. The summed E-state index contributed by atoms with van der Waals surface area (Å²) in [6, 6.07) is 12.2. The molecule has 0 aliphatic heterocycles. The summed E-state index contributed by atoms with van der Waals surface area (Å²) in [5.74, 6) is 0.261. The zero-order chi connectivity index (χ0) is 22.2. The van der Waals surface area contributed by atoms with E-state index in [1.807, 2.05) is 0 Å². The van der Waals surface area contributed by atoms with E-state index in [-0.39, 0.29) is 23.1 Å². The molecule has 1 heterocycles. The first-order valence-corrected chi connectivity index (χ1v) is 8.72. The molecular weight excluding hydrogens is 406 g/mol. The van der Waals surface area contributed by atoms with Crippen LogP contribution in [0.3, 0.4) is 0 Å². The first-order valence-electron chi connectivity index (χ1n) is 8.72. The first kappa shape index (κ1) is 20.9. The van der Waals surface area contributed by atoms with Crippen molar-refractivity contribution in [1.82, 2.24) is 15.2 Å². The van der Waals surface area contributed by atoms with Crippen LogP contribution in [0.1, 0.15) is 16.8 Å². The highest BCUT2D eigenvalue weighted by Crippen LogP contribution is 2.17. The van der Waals surface area contributed by atoms with Gasteiger partial charge in [0.25, 0.3) is 17.3 Å². The van der Waals surface area contributed by atoms with Gasteiger partial charge in [-0.3, -0.25) is 25.7 Å². The van der Waals surface area contributed by atoms with Crippen molar-refractivity contribution < 1.29 is 9.85 Å². The quantitative estimate of drug-likeness (QED) is 0.315. The summed E-state index contributed by atoms with van der Waals surface area (Å²) >= 11 is 0. The van der Waals surface area contributed by atoms with Gasteiger partial charge in [-0.1, -0.05) is 24.3 Å². The summed E-state index contributed by atoms with van der Waals surface area (Å²) < 4.78 is 0. The van der Waals surface area contributed by atoms with Crippen LogP contribution in [0, 0.1) is 27.2 Å². The van der Waals surface area contributed by atoms with E-state index < -0.39 is 9.85 Å². The standard InChI is InChI=1S/C18H15N9O4/c1-12-17(23-19-10-13-6-2-4-8-15(13)26(28)29)21-18(25-22-12)24-20-11-14-7-3-5-9-16(14)27(30)31/h2-11H,1H3,(H2,21,23,24,25). The maximum atomic E-state index is 11.0. The molecule has 0 aliphatic rings. The minimum atomic E-state index is -0.512. The molecular formula is C18H15N9O4. The number of nitro benzene ring substituents is 2. The lowest BCUT2D eigenvalue weighted by Crippen LogP contribution is -2.05. The predicted molar refractivity (Wildman–Crippen MR) is 113 cm³/mol. The number of para-hydroxylation sites is 2. The number of anilines is 2. The van der Waals surface area contributed by atoms with Crippen molar-refractivity contribution in [1.29, 1.82) is 0 Å². The Labute approximate surface area is 174 Å². The lowest BCUT2D eigenvalue weighted by Gasteiger charge is -2.04. The number of aromatic nitrogens is 3. The van der Waals surface area contributed by atoms with Crippen LogP contribution >= 0.6 is 0 Å². The Bertz CT molecular complexity index is 1180. The molecule has 0 unspecified atom stereocenters. The molecule has 0 saturated heterocycles. The average molecular weight is 421 g/mol. The number of rotatable bonds is 8. The largest absolute Gasteiger partial charge is 0.278 e. The monoisotopic (exact) mass is 421 g/mol. The van der Waals surface area contributed by atoms with Crippen molar-refractivity contribution in [2.45, 2.75) is 6.92 Å². The Balaban J connectivity index is 1.71. The maximum absolute atomic E-state index is 11.0. The topological polar surface area (TPSA) is 174 Å². The van der Waals surface area contributed by atoms with Crippen LogP contribution in [-0.2, 0) is 0 Å². The second kappa shape index (κ2) is 9.60. The Hall–Kier alpha value is -4.81. The van der Waals surface area contributed by atoms with Gasteiger partial charge in [0.15, 0.2) is 5.82 Å². The number of nitrogens with zero attached hydrogens (tertiary/aromatic N) is 7. The average Bonchev–Trinajstić information content (AvgIpc) is 2.76. The molecule has 3 rings (SSSR count). The molecule has 0 radical (unpaired) electrons. The van der Waals surface area contributed by atoms with E-state index in [0.29, 0.717) is 16.8 Å². The SMILES string of the molecule is Cc1nnc(NN=Cc2ccccc2[N+](=O)[O-])nc1NN=Cc1ccccc1[N+](=O)[O-]. The number of benzene rings is 2. The van der Waals surface area contributed by atoms with E-state index in [1.54, 1.807) is 43.3 Å². The number of aryl methyl sites for hydroxylation is 1. The Morgan fingerprint density at radius 3 is 1.90 bits per heavy atom. The number of hydrogen-bond donors (Lipinski definition) is 2. The molecule has 0 amide bonds. The minimum Gasteiger partial charge on any atom is -0.260 e. The molecule has 0 spiro atoms. The Kier molecular flexibility index (Phi) is 6.47. The molecule has 31 heavy (non-hydrogen) atoms. The third kappa shape index (κ3) is 5.38. The Morgan fingerprint density at radius 2 is 1.35 bits per heavy atom. The number of nitrogens with one attached hydrogen (secondary N) is 2. The van der Waals surface area contributed by atoms with Crippen LogP contribution in [-0.4, -0.2) is 37.5 Å². The molecule has 0 atom stereocenters. The van der Waals surface area contributed by atoms with E-state index in [1.165, 1.54) is 24.6 Å². The van der Waals surface area contributed by atoms with Crippen molar-refractivity contribution in [2.75, 3.05) is 10.9 Å². The van der Waals surface area contributed by atoms with Crippen LogP contribution in [0.25, 0.3) is 0 Å². The summed E-state index contributed by atoms with van der Waals surface area (Å²) in [5.41, 5.74) is 6.05. The molecule has 0 saturated carbocycles. The molecule has 13 nitrogen and oxygen atoms in total. The van der Waals surface area contributed by atoms with Gasteiger partial charge in [0, 0.05) is 12.1 Å². The lowest BCUT2D eigenvalue weighted by atomic mass is 10.2. The van der Waals surface area contributed by atoms with E-state index >= 15 is 0 Å². The summed E-state index contributed by atoms with van der Waals surface area (Å²) in [6.07, 6.45) is 2.56. The second-order valence-corrected chi connectivity index (χ2v) is 5.94. The predicted octanol–water partition coefficient (Wildman–Crippen LogP) is 2.89. The lowest BCUT2D eigenvalue weighted by molar-refractivity contribution is -0.385. The van der Waals surface area contributed by atoms with Gasteiger partial charge < -0.3 is 0 Å². The molecule has 0 aliphatic carbocycles. The highest BCUT2D eigenvalue weighted by Gasteiger charge is 2.11. The summed E-state index contributed by atoms with van der Waals surface area (Å²) in [7, 11) is 0. The fraction of sp³-hybridized carbons (Fsp3) is 0.0556. The minimum absolute atomic E-state index is 0.0174. The molecule has 3 aromatic rings. The Morgan fingerprint density at radius 1 is 0.839 bits per heavy atom. The van der Waals surface area contributed by atoms with Crippen molar-refractivity contribution in [3.63, 3.8) is 0 Å². The van der Waals surface area contributed by atoms with Crippen molar-refractivity contribution in [3.8, 4) is 0 Å². The van der Waals surface area contributed by atoms with Gasteiger partial charge in [-0.2, -0.15) is 15.2 Å². The third-order valence-electron chi connectivity index (χ3n) is 3.86. The van der Waals surface area contributed by atoms with Gasteiger partial charge in [-0.05, 0) is 19.1 Å². The fourth-order valence-electron chi connectivity index (χ4n) is 2.38. The van der Waals surface area contributed by atoms with E-state index in [9.17, 15) is 20.2 Å². The highest BCUT2D eigenvalue weighted by atomic mass is 16.6. The van der Waals surface area contributed by atoms with E-state index in [2.05, 4.69) is 36.2 Å².